The number of hydrogen-bond acceptors (Lipinski definition) is 6. The minimum absolute atomic E-state index is 0.154. The van der Waals surface area contributed by atoms with Gasteiger partial charge >= 0.3 is 0 Å². The van der Waals surface area contributed by atoms with Crippen LogP contribution in [-0.2, 0) is 16.1 Å². The Morgan fingerprint density at radius 2 is 2.21 bits per heavy atom. The molecule has 3 rings (SSSR count). The van der Waals surface area contributed by atoms with Gasteiger partial charge in [-0.15, -0.1) is 0 Å². The van der Waals surface area contributed by atoms with E-state index in [4.69, 9.17) is 10.5 Å². The maximum atomic E-state index is 12.7. The van der Waals surface area contributed by atoms with E-state index in [-0.39, 0.29) is 17.4 Å². The van der Waals surface area contributed by atoms with E-state index >= 15 is 0 Å². The average Bonchev–Trinajstić information content (AvgIpc) is 2.68. The van der Waals surface area contributed by atoms with Crippen LogP contribution in [0.1, 0.15) is 26.6 Å². The van der Waals surface area contributed by atoms with Crippen molar-refractivity contribution in [2.24, 2.45) is 11.7 Å². The first-order valence-corrected chi connectivity index (χ1v) is 9.66. The van der Waals surface area contributed by atoms with Crippen LogP contribution in [0.2, 0.25) is 0 Å². The van der Waals surface area contributed by atoms with Gasteiger partial charge < -0.3 is 20.8 Å². The number of carbonyl (C=O) groups excluding carboxylic acids is 1. The Morgan fingerprint density at radius 1 is 1.46 bits per heavy atom. The number of nitrogens with zero attached hydrogens (tertiary/aromatic N) is 2. The van der Waals surface area contributed by atoms with Crippen molar-refractivity contribution in [3.05, 3.63) is 40.4 Å². The number of aromatic nitrogens is 2. The number of para-hydroxylation sites is 1. The summed E-state index contributed by atoms with van der Waals surface area (Å²) >= 11 is 0. The van der Waals surface area contributed by atoms with E-state index in [0.717, 1.165) is 0 Å². The van der Waals surface area contributed by atoms with E-state index in [0.29, 0.717) is 49.5 Å². The first kappa shape index (κ1) is 20.4. The van der Waals surface area contributed by atoms with Crippen molar-refractivity contribution >= 4 is 16.8 Å². The highest BCUT2D eigenvalue weighted by Crippen LogP contribution is 2.17. The molecule has 1 aromatic heterocycles. The van der Waals surface area contributed by atoms with Crippen LogP contribution in [0.25, 0.3) is 10.9 Å². The van der Waals surface area contributed by atoms with Gasteiger partial charge in [-0.2, -0.15) is 0 Å². The number of morpholine rings is 1. The minimum Gasteiger partial charge on any atom is -0.366 e. The number of ether oxygens (including phenoxy) is 1. The highest BCUT2D eigenvalue weighted by molar-refractivity contribution is 5.82. The van der Waals surface area contributed by atoms with Gasteiger partial charge in [-0.1, -0.05) is 26.0 Å². The van der Waals surface area contributed by atoms with Gasteiger partial charge in [0, 0.05) is 19.6 Å². The lowest BCUT2D eigenvalue weighted by molar-refractivity contribution is -0.141. The summed E-state index contributed by atoms with van der Waals surface area (Å²) in [6.07, 6.45) is -0.578. The van der Waals surface area contributed by atoms with Crippen LogP contribution in [0.15, 0.2) is 29.1 Å². The summed E-state index contributed by atoms with van der Waals surface area (Å²) in [6, 6.07) is 7.25. The van der Waals surface area contributed by atoms with E-state index in [9.17, 15) is 9.59 Å². The number of rotatable bonds is 6. The zero-order chi connectivity index (χ0) is 20.3. The Morgan fingerprint density at radius 3 is 2.93 bits per heavy atom. The third kappa shape index (κ3) is 4.40. The number of carbonyl (C=O) groups is 1. The number of nitrogens with one attached hydrogen (secondary N) is 2. The molecule has 0 saturated carbocycles. The molecule has 1 aromatic carbocycles. The van der Waals surface area contributed by atoms with Gasteiger partial charge in [0.2, 0.25) is 0 Å². The minimum atomic E-state index is -0.578. The van der Waals surface area contributed by atoms with Gasteiger partial charge in [-0.05, 0) is 25.0 Å². The third-order valence-corrected chi connectivity index (χ3v) is 5.59. The van der Waals surface area contributed by atoms with Crippen molar-refractivity contribution in [1.29, 1.82) is 0 Å². The van der Waals surface area contributed by atoms with Gasteiger partial charge in [-0.3, -0.25) is 14.5 Å². The van der Waals surface area contributed by atoms with E-state index in [1.807, 2.05) is 39.0 Å². The topological polar surface area (TPSA) is 113 Å². The largest absolute Gasteiger partial charge is 0.366 e. The van der Waals surface area contributed by atoms with Crippen LogP contribution in [-0.4, -0.2) is 58.7 Å². The molecule has 1 saturated heterocycles. The van der Waals surface area contributed by atoms with Crippen molar-refractivity contribution in [2.75, 3.05) is 26.2 Å². The lowest BCUT2D eigenvalue weighted by atomic mass is 9.88. The van der Waals surface area contributed by atoms with Crippen molar-refractivity contribution < 1.29 is 9.53 Å². The predicted molar refractivity (Wildman–Crippen MR) is 108 cm³/mol. The predicted octanol–water partition coefficient (Wildman–Crippen LogP) is 0.614. The summed E-state index contributed by atoms with van der Waals surface area (Å²) in [5, 5.41) is 3.61. The molecule has 4 N–H and O–H groups in total. The fraction of sp³-hybridized carbons (Fsp3) is 0.550. The normalized spacial score (nSPS) is 20.2. The van der Waals surface area contributed by atoms with Crippen molar-refractivity contribution in [3.8, 4) is 0 Å². The Hall–Kier alpha value is -2.29. The molecule has 2 unspecified atom stereocenters. The molecule has 0 radical (unpaired) electrons. The molecule has 0 spiro atoms. The molecule has 28 heavy (non-hydrogen) atoms. The molecule has 2 aromatic rings. The first-order valence-electron chi connectivity index (χ1n) is 9.66. The summed E-state index contributed by atoms with van der Waals surface area (Å²) in [4.78, 5) is 34.4. The van der Waals surface area contributed by atoms with Gasteiger partial charge in [0.15, 0.2) is 0 Å². The second-order valence-electron chi connectivity index (χ2n) is 7.89. The Kier molecular flexibility index (Phi) is 6.12. The number of H-pyrrole nitrogens is 1. The summed E-state index contributed by atoms with van der Waals surface area (Å²) in [6.45, 7) is 8.35. The number of amides is 1. The van der Waals surface area contributed by atoms with Crippen molar-refractivity contribution in [1.82, 2.24) is 20.2 Å². The Balaban J connectivity index is 1.68. The van der Waals surface area contributed by atoms with E-state index in [1.54, 1.807) is 6.07 Å². The number of aromatic amines is 1. The second-order valence-corrected chi connectivity index (χ2v) is 7.89. The van der Waals surface area contributed by atoms with Crippen LogP contribution in [0.3, 0.4) is 0 Å². The summed E-state index contributed by atoms with van der Waals surface area (Å²) in [7, 11) is 0. The van der Waals surface area contributed by atoms with E-state index in [1.165, 1.54) is 0 Å². The zero-order valence-electron chi connectivity index (χ0n) is 16.7. The fourth-order valence-electron chi connectivity index (χ4n) is 3.22. The average molecular weight is 387 g/mol. The standard InChI is InChI=1S/C20H29N5O3/c1-13(2)20(3,12-21)24-19(27)16-10-25(8-9-28-16)11-17-22-15-7-5-4-6-14(15)18(26)23-17/h4-7,13,16H,8-12,21H2,1-3H3,(H,24,27)(H,22,23,26). The molecule has 1 aliphatic heterocycles. The maximum Gasteiger partial charge on any atom is 0.258 e. The molecule has 8 heteroatoms. The highest BCUT2D eigenvalue weighted by atomic mass is 16.5. The van der Waals surface area contributed by atoms with Gasteiger partial charge in [-0.25, -0.2) is 4.98 Å². The maximum absolute atomic E-state index is 12.7. The number of nitrogens with two attached hydrogens (primary N) is 1. The summed E-state index contributed by atoms with van der Waals surface area (Å²) in [5.41, 5.74) is 5.90. The van der Waals surface area contributed by atoms with Crippen LogP contribution in [0.4, 0.5) is 0 Å². The molecular weight excluding hydrogens is 358 g/mol. The van der Waals surface area contributed by atoms with Crippen molar-refractivity contribution in [3.63, 3.8) is 0 Å². The molecule has 0 bridgehead atoms. The number of fused-ring (bicyclic) bond motifs is 1. The van der Waals surface area contributed by atoms with Crippen LogP contribution < -0.4 is 16.6 Å². The molecule has 1 amide bonds. The van der Waals surface area contributed by atoms with Crippen LogP contribution in [0, 0.1) is 5.92 Å². The Labute approximate surface area is 164 Å². The van der Waals surface area contributed by atoms with Gasteiger partial charge in [0.05, 0.1) is 29.6 Å². The molecule has 2 atom stereocenters. The zero-order valence-corrected chi connectivity index (χ0v) is 16.7. The molecular formula is C20H29N5O3. The molecule has 0 aliphatic carbocycles. The molecule has 8 nitrogen and oxygen atoms in total. The number of hydrogen-bond donors (Lipinski definition) is 3. The summed E-state index contributed by atoms with van der Waals surface area (Å²) in [5.74, 6) is 0.623. The van der Waals surface area contributed by atoms with Gasteiger partial charge in [0.1, 0.15) is 11.9 Å². The summed E-state index contributed by atoms with van der Waals surface area (Å²) < 4.78 is 5.68. The van der Waals surface area contributed by atoms with Gasteiger partial charge in [0.25, 0.3) is 11.5 Å². The quantitative estimate of drug-likeness (QED) is 0.669. The smallest absolute Gasteiger partial charge is 0.258 e. The first-order chi connectivity index (χ1) is 13.3. The van der Waals surface area contributed by atoms with E-state index < -0.39 is 11.6 Å². The molecule has 1 aliphatic rings. The van der Waals surface area contributed by atoms with E-state index in [2.05, 4.69) is 20.2 Å². The van der Waals surface area contributed by atoms with Crippen LogP contribution >= 0.6 is 0 Å². The number of benzene rings is 1. The van der Waals surface area contributed by atoms with Crippen molar-refractivity contribution in [2.45, 2.75) is 39.0 Å². The fourth-order valence-corrected chi connectivity index (χ4v) is 3.22. The second kappa shape index (κ2) is 8.38. The molecule has 2 heterocycles. The highest BCUT2D eigenvalue weighted by Gasteiger charge is 2.34. The lowest BCUT2D eigenvalue weighted by Gasteiger charge is -2.37. The SMILES string of the molecule is CC(C)C(C)(CN)NC(=O)C1CN(Cc2nc3ccccc3c(=O)[nH]2)CCO1. The molecule has 152 valence electrons. The van der Waals surface area contributed by atoms with Crippen LogP contribution in [0.5, 0.6) is 0 Å². The monoisotopic (exact) mass is 387 g/mol. The lowest BCUT2D eigenvalue weighted by Crippen LogP contribution is -2.59. The third-order valence-electron chi connectivity index (χ3n) is 5.59. The Bertz CT molecular complexity index is 897. The molecule has 1 fully saturated rings.